The molecule has 3 aromatic rings. The Morgan fingerprint density at radius 2 is 2.12 bits per heavy atom. The van der Waals surface area contributed by atoms with Gasteiger partial charge < -0.3 is 4.40 Å². The van der Waals surface area contributed by atoms with E-state index < -0.39 is 0 Å². The van der Waals surface area contributed by atoms with Crippen LogP contribution in [-0.2, 0) is 6.42 Å². The Morgan fingerprint density at radius 3 is 2.92 bits per heavy atom. The molecule has 3 aromatic heterocycles. The maximum atomic E-state index is 12.9. The van der Waals surface area contributed by atoms with Crippen LogP contribution in [0.1, 0.15) is 35.0 Å². The van der Waals surface area contributed by atoms with Gasteiger partial charge >= 0.3 is 0 Å². The number of aldehydes is 1. The van der Waals surface area contributed by atoms with Crippen LogP contribution in [0.25, 0.3) is 17.4 Å². The van der Waals surface area contributed by atoms with Gasteiger partial charge in [-0.15, -0.1) is 0 Å². The van der Waals surface area contributed by atoms with E-state index in [1.54, 1.807) is 6.20 Å². The van der Waals surface area contributed by atoms with Crippen molar-refractivity contribution in [1.82, 2.24) is 14.0 Å². The van der Waals surface area contributed by atoms with Crippen molar-refractivity contribution in [3.8, 4) is 5.82 Å². The fourth-order valence-electron chi connectivity index (χ4n) is 3.19. The average molecular weight is 340 g/mol. The molecule has 4 rings (SSSR count). The Morgan fingerprint density at radius 1 is 1.29 bits per heavy atom. The Bertz CT molecular complexity index is 1080. The van der Waals surface area contributed by atoms with Crippen molar-refractivity contribution >= 4 is 29.5 Å². The zero-order chi connectivity index (χ0) is 16.8. The lowest BCUT2D eigenvalue weighted by molar-refractivity contribution is 0.112. The molecule has 0 saturated carbocycles. The summed E-state index contributed by atoms with van der Waals surface area (Å²) in [6.07, 6.45) is 9.59. The molecule has 0 fully saturated rings. The first-order chi connectivity index (χ1) is 11.6. The number of pyridine rings is 1. The Labute approximate surface area is 142 Å². The third-order valence-corrected chi connectivity index (χ3v) is 4.73. The van der Waals surface area contributed by atoms with E-state index >= 15 is 0 Å². The highest BCUT2D eigenvalue weighted by molar-refractivity contribution is 6.33. The largest absolute Gasteiger partial charge is 0.314 e. The molecule has 3 heterocycles. The van der Waals surface area contributed by atoms with Crippen LogP contribution in [0.2, 0.25) is 5.02 Å². The van der Waals surface area contributed by atoms with Crippen molar-refractivity contribution in [3.63, 3.8) is 0 Å². The molecule has 0 N–H and O–H groups in total. The molecule has 0 aliphatic heterocycles. The van der Waals surface area contributed by atoms with Crippen molar-refractivity contribution in [1.29, 1.82) is 0 Å². The third kappa shape index (κ3) is 2.12. The summed E-state index contributed by atoms with van der Waals surface area (Å²) < 4.78 is 3.29. The van der Waals surface area contributed by atoms with Gasteiger partial charge in [-0.1, -0.05) is 23.3 Å². The molecule has 0 amide bonds. The van der Waals surface area contributed by atoms with E-state index in [-0.39, 0.29) is 22.0 Å². The van der Waals surface area contributed by atoms with Crippen molar-refractivity contribution in [3.05, 3.63) is 68.5 Å². The van der Waals surface area contributed by atoms with Crippen molar-refractivity contribution < 1.29 is 4.79 Å². The van der Waals surface area contributed by atoms with Gasteiger partial charge in [0.1, 0.15) is 5.52 Å². The zero-order valence-electron chi connectivity index (χ0n) is 13.0. The molecule has 1 aliphatic rings. The lowest BCUT2D eigenvalue weighted by Gasteiger charge is -2.12. The summed E-state index contributed by atoms with van der Waals surface area (Å²) in [7, 11) is 0. The highest BCUT2D eigenvalue weighted by Crippen LogP contribution is 2.26. The van der Waals surface area contributed by atoms with Crippen molar-refractivity contribution in [2.75, 3.05) is 0 Å². The second-order valence-electron chi connectivity index (χ2n) is 5.91. The Kier molecular flexibility index (Phi) is 3.39. The fourth-order valence-corrected chi connectivity index (χ4v) is 3.38. The van der Waals surface area contributed by atoms with Crippen LogP contribution in [-0.4, -0.2) is 20.2 Å². The minimum atomic E-state index is -0.226. The number of aryl methyl sites for hydroxylation is 1. The highest BCUT2D eigenvalue weighted by Gasteiger charge is 2.18. The normalized spacial score (nSPS) is 13.7. The van der Waals surface area contributed by atoms with Gasteiger partial charge in [0.2, 0.25) is 0 Å². The maximum Gasteiger partial charge on any atom is 0.280 e. The molecule has 6 heteroatoms. The first-order valence-electron chi connectivity index (χ1n) is 7.63. The van der Waals surface area contributed by atoms with Gasteiger partial charge in [-0.05, 0) is 37.5 Å². The van der Waals surface area contributed by atoms with Crippen LogP contribution >= 0.6 is 11.6 Å². The summed E-state index contributed by atoms with van der Waals surface area (Å²) in [5.74, 6) is 0.246. The van der Waals surface area contributed by atoms with E-state index in [0.29, 0.717) is 11.8 Å². The van der Waals surface area contributed by atoms with Crippen LogP contribution in [0.15, 0.2) is 41.1 Å². The molecule has 0 unspecified atom stereocenters. The van der Waals surface area contributed by atoms with Gasteiger partial charge in [-0.25, -0.2) is 4.98 Å². The Balaban J connectivity index is 2.00. The predicted octanol–water partition coefficient (Wildman–Crippen LogP) is 3.30. The van der Waals surface area contributed by atoms with Crippen LogP contribution in [0, 0.1) is 0 Å². The number of aromatic nitrogens is 3. The molecule has 0 atom stereocenters. The van der Waals surface area contributed by atoms with E-state index in [1.165, 1.54) is 22.4 Å². The maximum absolute atomic E-state index is 12.9. The summed E-state index contributed by atoms with van der Waals surface area (Å²) >= 11 is 6.05. The summed E-state index contributed by atoms with van der Waals surface area (Å²) in [5.41, 5.74) is 4.05. The van der Waals surface area contributed by atoms with Crippen LogP contribution in [0.5, 0.6) is 0 Å². The van der Waals surface area contributed by atoms with E-state index in [9.17, 15) is 9.59 Å². The lowest BCUT2D eigenvalue weighted by atomic mass is 9.99. The molecule has 0 aromatic carbocycles. The number of hydrogen-bond acceptors (Lipinski definition) is 3. The summed E-state index contributed by atoms with van der Waals surface area (Å²) in [6, 6.07) is 3.42. The number of hydrogen-bond donors (Lipinski definition) is 0. The minimum absolute atomic E-state index is 0.206. The van der Waals surface area contributed by atoms with Gasteiger partial charge in [0, 0.05) is 24.3 Å². The SMILES string of the molecule is CC1=Cc2cc3c(=O)n(-c4nccc(Cl)c4C=O)ccn3c2CC1. The zero-order valence-corrected chi connectivity index (χ0v) is 13.7. The lowest BCUT2D eigenvalue weighted by Crippen LogP contribution is -2.22. The average Bonchev–Trinajstić information content (AvgIpc) is 2.93. The molecule has 0 radical (unpaired) electrons. The smallest absolute Gasteiger partial charge is 0.280 e. The molecule has 0 bridgehead atoms. The molecule has 24 heavy (non-hydrogen) atoms. The highest BCUT2D eigenvalue weighted by atomic mass is 35.5. The van der Waals surface area contributed by atoms with Crippen LogP contribution < -0.4 is 5.56 Å². The molecule has 0 spiro atoms. The van der Waals surface area contributed by atoms with Gasteiger partial charge in [-0.3, -0.25) is 14.2 Å². The van der Waals surface area contributed by atoms with Gasteiger partial charge in [-0.2, -0.15) is 0 Å². The molecule has 1 aliphatic carbocycles. The number of allylic oxidation sites excluding steroid dienone is 1. The number of fused-ring (bicyclic) bond motifs is 3. The monoisotopic (exact) mass is 339 g/mol. The summed E-state index contributed by atoms with van der Waals surface area (Å²) in [6.45, 7) is 2.09. The summed E-state index contributed by atoms with van der Waals surface area (Å²) in [5, 5.41) is 0.273. The van der Waals surface area contributed by atoms with Crippen LogP contribution in [0.3, 0.4) is 0 Å². The topological polar surface area (TPSA) is 56.4 Å². The standard InChI is InChI=1S/C18H14ClN3O2/c1-11-2-3-15-12(8-11)9-16-18(24)22(7-6-21(15)16)17-13(10-23)14(19)4-5-20-17/h4-10H,2-3H2,1H3. The van der Waals surface area contributed by atoms with Gasteiger partial charge in [0.05, 0.1) is 10.6 Å². The van der Waals surface area contributed by atoms with Crippen molar-refractivity contribution in [2.45, 2.75) is 19.8 Å². The van der Waals surface area contributed by atoms with Crippen molar-refractivity contribution in [2.24, 2.45) is 0 Å². The number of nitrogens with zero attached hydrogens (tertiary/aromatic N) is 3. The van der Waals surface area contributed by atoms with E-state index in [0.717, 1.165) is 24.1 Å². The van der Waals surface area contributed by atoms with Gasteiger partial charge in [0.25, 0.3) is 5.56 Å². The van der Waals surface area contributed by atoms with Gasteiger partial charge in [0.15, 0.2) is 12.1 Å². The number of carbonyl (C=O) groups excluding carboxylic acids is 1. The third-order valence-electron chi connectivity index (χ3n) is 4.40. The molecule has 120 valence electrons. The molecular weight excluding hydrogens is 326 g/mol. The van der Waals surface area contributed by atoms with E-state index in [4.69, 9.17) is 11.6 Å². The second-order valence-corrected chi connectivity index (χ2v) is 6.32. The van der Waals surface area contributed by atoms with E-state index in [1.807, 2.05) is 16.7 Å². The quantitative estimate of drug-likeness (QED) is 0.673. The molecular formula is C18H14ClN3O2. The fraction of sp³-hybridized carbons (Fsp3) is 0.167. The first kappa shape index (κ1) is 14.9. The predicted molar refractivity (Wildman–Crippen MR) is 93.2 cm³/mol. The summed E-state index contributed by atoms with van der Waals surface area (Å²) in [4.78, 5) is 28.4. The van der Waals surface area contributed by atoms with E-state index in [2.05, 4.69) is 18.0 Å². The first-order valence-corrected chi connectivity index (χ1v) is 8.01. The van der Waals surface area contributed by atoms with Crippen LogP contribution in [0.4, 0.5) is 0 Å². The Hall–Kier alpha value is -2.66. The minimum Gasteiger partial charge on any atom is -0.314 e. The molecule has 0 saturated heterocycles. The number of rotatable bonds is 2. The number of carbonyl (C=O) groups is 1. The number of halogens is 1. The second kappa shape index (κ2) is 5.46. The molecule has 5 nitrogen and oxygen atoms in total.